The largest absolute Gasteiger partial charge is 0.203 e. The minimum atomic E-state index is -1.18. The summed E-state index contributed by atoms with van der Waals surface area (Å²) in [4.78, 5) is 2.31. The van der Waals surface area contributed by atoms with Crippen LogP contribution >= 0.6 is 0 Å². The second kappa shape index (κ2) is 2.98. The van der Waals surface area contributed by atoms with Gasteiger partial charge in [-0.15, -0.1) is 0 Å². The van der Waals surface area contributed by atoms with Crippen molar-refractivity contribution >= 4 is 5.69 Å². The molecule has 5 heteroatoms. The second-order valence-electron chi connectivity index (χ2n) is 1.68. The molecule has 0 saturated carbocycles. The molecule has 1 rings (SSSR count). The molecule has 0 spiro atoms. The van der Waals surface area contributed by atoms with Crippen LogP contribution in [0.15, 0.2) is 17.2 Å². The molecule has 0 amide bonds. The Kier molecular flexibility index (Phi) is 2.03. The SMILES string of the molecule is [N-]=[N+]=Nc1cc[c]c(F)c1F. The quantitative estimate of drug-likeness (QED) is 0.339. The Morgan fingerprint density at radius 3 is 2.91 bits per heavy atom. The molecular weight excluding hydrogens is 152 g/mol. The molecule has 0 unspecified atom stereocenters. The van der Waals surface area contributed by atoms with Crippen LogP contribution in [-0.2, 0) is 0 Å². The summed E-state index contributed by atoms with van der Waals surface area (Å²) in [6.07, 6.45) is 0. The van der Waals surface area contributed by atoms with Crippen LogP contribution in [0.4, 0.5) is 14.5 Å². The first-order chi connectivity index (χ1) is 5.25. The molecule has 0 N–H and O–H groups in total. The smallest absolute Gasteiger partial charge is 0.169 e. The van der Waals surface area contributed by atoms with Crippen molar-refractivity contribution in [3.8, 4) is 0 Å². The molecule has 0 aliphatic heterocycles. The summed E-state index contributed by atoms with van der Waals surface area (Å²) in [5.41, 5.74) is 7.54. The highest BCUT2D eigenvalue weighted by atomic mass is 19.2. The zero-order chi connectivity index (χ0) is 8.27. The van der Waals surface area contributed by atoms with Crippen molar-refractivity contribution < 1.29 is 8.78 Å². The first kappa shape index (κ1) is 7.50. The lowest BCUT2D eigenvalue weighted by Crippen LogP contribution is -1.81. The molecule has 55 valence electrons. The van der Waals surface area contributed by atoms with Gasteiger partial charge in [-0.3, -0.25) is 0 Å². The maximum Gasteiger partial charge on any atom is 0.169 e. The number of hydrogen-bond acceptors (Lipinski definition) is 1. The van der Waals surface area contributed by atoms with E-state index in [1.54, 1.807) is 0 Å². The van der Waals surface area contributed by atoms with Crippen LogP contribution in [0, 0.1) is 17.7 Å². The van der Waals surface area contributed by atoms with E-state index in [4.69, 9.17) is 5.53 Å². The zero-order valence-electron chi connectivity index (χ0n) is 5.25. The Labute approximate surface area is 60.9 Å². The fraction of sp³-hybridized carbons (Fsp3) is 0. The summed E-state index contributed by atoms with van der Waals surface area (Å²) in [5.74, 6) is -2.32. The summed E-state index contributed by atoms with van der Waals surface area (Å²) in [6.45, 7) is 0. The molecule has 0 atom stereocenters. The van der Waals surface area contributed by atoms with Crippen LogP contribution < -0.4 is 0 Å². The molecule has 0 aromatic heterocycles. The lowest BCUT2D eigenvalue weighted by molar-refractivity contribution is 0.509. The number of nitrogens with zero attached hydrogens (tertiary/aromatic N) is 3. The number of rotatable bonds is 1. The predicted molar refractivity (Wildman–Crippen MR) is 34.0 cm³/mol. The van der Waals surface area contributed by atoms with Gasteiger partial charge >= 0.3 is 0 Å². The number of benzene rings is 1. The third kappa shape index (κ3) is 1.45. The Morgan fingerprint density at radius 2 is 2.27 bits per heavy atom. The highest BCUT2D eigenvalue weighted by Crippen LogP contribution is 2.18. The normalized spacial score (nSPS) is 8.91. The van der Waals surface area contributed by atoms with Gasteiger partial charge in [0, 0.05) is 11.0 Å². The zero-order valence-corrected chi connectivity index (χ0v) is 5.25. The van der Waals surface area contributed by atoms with E-state index in [1.165, 1.54) is 0 Å². The van der Waals surface area contributed by atoms with Crippen LogP contribution in [0.3, 0.4) is 0 Å². The Balaban J connectivity index is 3.26. The van der Waals surface area contributed by atoms with E-state index in [9.17, 15) is 8.78 Å². The summed E-state index contributed by atoms with van der Waals surface area (Å²) >= 11 is 0. The Morgan fingerprint density at radius 1 is 1.55 bits per heavy atom. The number of azide groups is 1. The lowest BCUT2D eigenvalue weighted by atomic mass is 10.3. The molecule has 0 aliphatic rings. The summed E-state index contributed by atoms with van der Waals surface area (Å²) in [7, 11) is 0. The monoisotopic (exact) mass is 154 g/mol. The van der Waals surface area contributed by atoms with Crippen molar-refractivity contribution in [2.24, 2.45) is 5.11 Å². The molecule has 0 bridgehead atoms. The summed E-state index contributed by atoms with van der Waals surface area (Å²) in [6, 6.07) is 4.25. The number of hydrogen-bond donors (Lipinski definition) is 0. The molecule has 1 aromatic rings. The van der Waals surface area contributed by atoms with E-state index >= 15 is 0 Å². The van der Waals surface area contributed by atoms with E-state index in [0.717, 1.165) is 12.1 Å². The molecule has 11 heavy (non-hydrogen) atoms. The highest BCUT2D eigenvalue weighted by Gasteiger charge is 2.04. The Bertz CT molecular complexity index is 318. The van der Waals surface area contributed by atoms with Gasteiger partial charge in [-0.1, -0.05) is 11.2 Å². The van der Waals surface area contributed by atoms with Gasteiger partial charge in [-0.25, -0.2) is 8.78 Å². The van der Waals surface area contributed by atoms with Gasteiger partial charge in [-0.2, -0.15) is 0 Å². The van der Waals surface area contributed by atoms with Gasteiger partial charge in [0.1, 0.15) is 0 Å². The van der Waals surface area contributed by atoms with Crippen molar-refractivity contribution in [2.45, 2.75) is 0 Å². The molecule has 0 aliphatic carbocycles. The van der Waals surface area contributed by atoms with Crippen molar-refractivity contribution in [1.29, 1.82) is 0 Å². The van der Waals surface area contributed by atoms with E-state index in [0.29, 0.717) is 0 Å². The van der Waals surface area contributed by atoms with Crippen molar-refractivity contribution in [1.82, 2.24) is 0 Å². The van der Waals surface area contributed by atoms with Gasteiger partial charge < -0.3 is 0 Å². The molecule has 1 aromatic carbocycles. The minimum absolute atomic E-state index is 0.358. The Hall–Kier alpha value is -1.61. The van der Waals surface area contributed by atoms with Crippen LogP contribution in [-0.4, -0.2) is 0 Å². The third-order valence-electron chi connectivity index (χ3n) is 1.02. The fourth-order valence-electron chi connectivity index (χ4n) is 0.568. The van der Waals surface area contributed by atoms with E-state index < -0.39 is 11.6 Å². The topological polar surface area (TPSA) is 48.8 Å². The van der Waals surface area contributed by atoms with Gasteiger partial charge in [0.2, 0.25) is 0 Å². The van der Waals surface area contributed by atoms with Crippen LogP contribution in [0.25, 0.3) is 10.4 Å². The van der Waals surface area contributed by atoms with Crippen molar-refractivity contribution in [3.63, 3.8) is 0 Å². The maximum absolute atomic E-state index is 12.5. The van der Waals surface area contributed by atoms with Crippen LogP contribution in [0.5, 0.6) is 0 Å². The standard InChI is InChI=1S/C6H2F2N3/c7-4-2-1-3-5(6(4)8)10-11-9/h1,3H. The average molecular weight is 154 g/mol. The third-order valence-corrected chi connectivity index (χ3v) is 1.02. The minimum Gasteiger partial charge on any atom is -0.203 e. The van der Waals surface area contributed by atoms with Crippen LogP contribution in [0.2, 0.25) is 0 Å². The first-order valence-corrected chi connectivity index (χ1v) is 2.66. The number of halogens is 2. The van der Waals surface area contributed by atoms with Crippen molar-refractivity contribution in [2.75, 3.05) is 0 Å². The molecule has 0 heterocycles. The molecule has 3 nitrogen and oxygen atoms in total. The van der Waals surface area contributed by atoms with Crippen molar-refractivity contribution in [3.05, 3.63) is 40.3 Å². The molecule has 0 saturated heterocycles. The summed E-state index contributed by atoms with van der Waals surface area (Å²) in [5, 5.41) is 2.91. The van der Waals surface area contributed by atoms with Gasteiger partial charge in [-0.05, 0) is 11.6 Å². The molecule has 0 fully saturated rings. The average Bonchev–Trinajstić information content (AvgIpc) is 1.99. The van der Waals surface area contributed by atoms with E-state index in [2.05, 4.69) is 10.0 Å². The summed E-state index contributed by atoms with van der Waals surface area (Å²) < 4.78 is 24.8. The maximum atomic E-state index is 12.5. The van der Waals surface area contributed by atoms with Gasteiger partial charge in [0.05, 0.1) is 5.69 Å². The molecule has 1 radical (unpaired) electrons. The molecular formula is C6H2F2N3. The predicted octanol–water partition coefficient (Wildman–Crippen LogP) is 2.71. The van der Waals surface area contributed by atoms with Gasteiger partial charge in [0.25, 0.3) is 0 Å². The van der Waals surface area contributed by atoms with Crippen LogP contribution in [0.1, 0.15) is 0 Å². The fourth-order valence-corrected chi connectivity index (χ4v) is 0.568. The van der Waals surface area contributed by atoms with E-state index in [-0.39, 0.29) is 5.69 Å². The highest BCUT2D eigenvalue weighted by molar-refractivity contribution is 5.37. The first-order valence-electron chi connectivity index (χ1n) is 2.66. The van der Waals surface area contributed by atoms with Gasteiger partial charge in [0.15, 0.2) is 11.6 Å². The van der Waals surface area contributed by atoms with E-state index in [1.807, 2.05) is 6.07 Å². The lowest BCUT2D eigenvalue weighted by Gasteiger charge is -1.93. The second-order valence-corrected chi connectivity index (χ2v) is 1.68.